The molecule has 1 heterocycles. The second-order valence-electron chi connectivity index (χ2n) is 6.80. The lowest BCUT2D eigenvalue weighted by atomic mass is 10.1. The Labute approximate surface area is 155 Å². The third-order valence-corrected chi connectivity index (χ3v) is 4.92. The van der Waals surface area contributed by atoms with Gasteiger partial charge in [0.1, 0.15) is 6.04 Å². The lowest BCUT2D eigenvalue weighted by Gasteiger charge is -2.18. The highest BCUT2D eigenvalue weighted by Gasteiger charge is 2.37. The zero-order chi connectivity index (χ0) is 18.2. The van der Waals surface area contributed by atoms with E-state index in [4.69, 9.17) is 11.6 Å². The number of nitrogens with zero attached hydrogens (tertiary/aromatic N) is 1. The highest BCUT2D eigenvalue weighted by atomic mass is 35.5. The van der Waals surface area contributed by atoms with Crippen LogP contribution in [0.25, 0.3) is 0 Å². The minimum absolute atomic E-state index is 0.0598. The van der Waals surface area contributed by atoms with Gasteiger partial charge < -0.3 is 10.2 Å². The first-order chi connectivity index (χ1) is 12.0. The van der Waals surface area contributed by atoms with Gasteiger partial charge in [-0.1, -0.05) is 63.5 Å². The van der Waals surface area contributed by atoms with E-state index < -0.39 is 6.04 Å². The van der Waals surface area contributed by atoms with Crippen LogP contribution in [0.3, 0.4) is 0 Å². The molecule has 1 unspecified atom stereocenters. The average Bonchev–Trinajstić information content (AvgIpc) is 2.81. The van der Waals surface area contributed by atoms with Crippen LogP contribution in [0.1, 0.15) is 76.8 Å². The number of hydrogen-bond donors (Lipinski definition) is 1. The second kappa shape index (κ2) is 9.81. The molecule has 4 nitrogen and oxygen atoms in total. The Morgan fingerprint density at radius 1 is 1.12 bits per heavy atom. The predicted molar refractivity (Wildman–Crippen MR) is 103 cm³/mol. The highest BCUT2D eigenvalue weighted by molar-refractivity contribution is 6.31. The molecule has 0 aliphatic carbocycles. The van der Waals surface area contributed by atoms with E-state index in [0.29, 0.717) is 11.6 Å². The van der Waals surface area contributed by atoms with Crippen molar-refractivity contribution in [3.63, 3.8) is 0 Å². The summed E-state index contributed by atoms with van der Waals surface area (Å²) in [6.07, 6.45) is 9.83. The van der Waals surface area contributed by atoms with Gasteiger partial charge in [-0.15, -0.1) is 0 Å². The van der Waals surface area contributed by atoms with Crippen molar-refractivity contribution in [3.05, 3.63) is 28.8 Å². The summed E-state index contributed by atoms with van der Waals surface area (Å²) in [5.74, 6) is -0.270. The van der Waals surface area contributed by atoms with Crippen LogP contribution in [0.15, 0.2) is 18.2 Å². The third-order valence-electron chi connectivity index (χ3n) is 4.69. The summed E-state index contributed by atoms with van der Waals surface area (Å²) in [4.78, 5) is 25.9. The maximum Gasteiger partial charge on any atom is 0.254 e. The van der Waals surface area contributed by atoms with E-state index in [2.05, 4.69) is 12.2 Å². The summed E-state index contributed by atoms with van der Waals surface area (Å²) in [7, 11) is 0. The summed E-state index contributed by atoms with van der Waals surface area (Å²) in [6, 6.07) is 4.84. The van der Waals surface area contributed by atoms with Gasteiger partial charge in [0, 0.05) is 29.7 Å². The Morgan fingerprint density at radius 3 is 2.40 bits per heavy atom. The van der Waals surface area contributed by atoms with Gasteiger partial charge in [0.05, 0.1) is 0 Å². The quantitative estimate of drug-likeness (QED) is 0.593. The van der Waals surface area contributed by atoms with Crippen molar-refractivity contribution in [1.29, 1.82) is 0 Å². The summed E-state index contributed by atoms with van der Waals surface area (Å²) in [5.41, 5.74) is 1.67. The van der Waals surface area contributed by atoms with Crippen LogP contribution in [-0.2, 0) is 9.59 Å². The molecule has 138 valence electrons. The third kappa shape index (κ3) is 5.46. The van der Waals surface area contributed by atoms with E-state index in [9.17, 15) is 9.59 Å². The molecule has 1 aromatic carbocycles. The van der Waals surface area contributed by atoms with Crippen LogP contribution >= 0.6 is 11.6 Å². The number of benzene rings is 1. The minimum Gasteiger partial charge on any atom is -0.341 e. The monoisotopic (exact) mass is 364 g/mol. The van der Waals surface area contributed by atoms with Gasteiger partial charge in [0.25, 0.3) is 5.91 Å². The van der Waals surface area contributed by atoms with Crippen molar-refractivity contribution in [2.24, 2.45) is 0 Å². The number of rotatable bonds is 10. The first-order valence-corrected chi connectivity index (χ1v) is 9.80. The molecule has 1 N–H and O–H groups in total. The molecule has 0 radical (unpaired) electrons. The zero-order valence-electron chi connectivity index (χ0n) is 15.3. The van der Waals surface area contributed by atoms with E-state index in [1.807, 2.05) is 6.07 Å². The van der Waals surface area contributed by atoms with Gasteiger partial charge in [-0.2, -0.15) is 0 Å². The van der Waals surface area contributed by atoms with Gasteiger partial charge in [0.15, 0.2) is 0 Å². The van der Waals surface area contributed by atoms with Crippen LogP contribution in [0.4, 0.5) is 5.69 Å². The van der Waals surface area contributed by atoms with Crippen molar-refractivity contribution in [2.75, 3.05) is 11.4 Å². The van der Waals surface area contributed by atoms with Crippen molar-refractivity contribution in [1.82, 2.24) is 5.32 Å². The molecule has 0 saturated heterocycles. The molecule has 25 heavy (non-hydrogen) atoms. The molecule has 1 atom stereocenters. The molecule has 5 heteroatoms. The summed E-state index contributed by atoms with van der Waals surface area (Å²) in [6.45, 7) is 4.35. The fraction of sp³-hybridized carbons (Fsp3) is 0.600. The SMILES string of the molecule is CCCCCCCCCCN1C(=O)C(NC(C)=O)c2cc(Cl)ccc21. The molecule has 0 bridgehead atoms. The molecule has 0 spiro atoms. The zero-order valence-corrected chi connectivity index (χ0v) is 16.1. The molecular formula is C20H29ClN2O2. The standard InChI is InChI=1S/C20H29ClN2O2/c1-3-4-5-6-7-8-9-10-13-23-18-12-11-16(21)14-17(18)19(20(23)25)22-15(2)24/h11-12,14,19H,3-10,13H2,1-2H3,(H,22,24). The topological polar surface area (TPSA) is 49.4 Å². The highest BCUT2D eigenvalue weighted by Crippen LogP contribution is 2.37. The lowest BCUT2D eigenvalue weighted by molar-refractivity contribution is -0.126. The van der Waals surface area contributed by atoms with E-state index >= 15 is 0 Å². The van der Waals surface area contributed by atoms with Crippen LogP contribution in [0, 0.1) is 0 Å². The van der Waals surface area contributed by atoms with E-state index in [1.165, 1.54) is 45.4 Å². The number of nitrogens with one attached hydrogen (secondary N) is 1. The predicted octanol–water partition coefficient (Wildman–Crippen LogP) is 5.00. The van der Waals surface area contributed by atoms with Gasteiger partial charge >= 0.3 is 0 Å². The molecule has 2 amide bonds. The first kappa shape index (κ1) is 19.8. The van der Waals surface area contributed by atoms with Gasteiger partial charge in [-0.25, -0.2) is 0 Å². The Morgan fingerprint density at radius 2 is 1.76 bits per heavy atom. The fourth-order valence-corrected chi connectivity index (χ4v) is 3.57. The number of carbonyl (C=O) groups excluding carboxylic acids is 2. The molecule has 0 aromatic heterocycles. The summed E-state index contributed by atoms with van der Waals surface area (Å²) < 4.78 is 0. The molecule has 2 rings (SSSR count). The number of hydrogen-bond acceptors (Lipinski definition) is 2. The maximum absolute atomic E-state index is 12.7. The Hall–Kier alpha value is -1.55. The summed E-state index contributed by atoms with van der Waals surface area (Å²) >= 11 is 6.08. The molecular weight excluding hydrogens is 336 g/mol. The number of amides is 2. The molecule has 1 aliphatic heterocycles. The van der Waals surface area contributed by atoms with Crippen molar-refractivity contribution >= 4 is 29.1 Å². The smallest absolute Gasteiger partial charge is 0.254 e. The van der Waals surface area contributed by atoms with Crippen molar-refractivity contribution in [2.45, 2.75) is 71.3 Å². The second-order valence-corrected chi connectivity index (χ2v) is 7.24. The Bertz CT molecular complexity index is 603. The van der Waals surface area contributed by atoms with Crippen LogP contribution in [0.2, 0.25) is 5.02 Å². The number of anilines is 1. The van der Waals surface area contributed by atoms with Crippen molar-refractivity contribution < 1.29 is 9.59 Å². The van der Waals surface area contributed by atoms with E-state index in [1.54, 1.807) is 17.0 Å². The molecule has 1 aromatic rings. The fourth-order valence-electron chi connectivity index (χ4n) is 3.39. The lowest BCUT2D eigenvalue weighted by Crippen LogP contribution is -2.37. The normalized spacial score (nSPS) is 16.2. The number of fused-ring (bicyclic) bond motifs is 1. The Balaban J connectivity index is 1.88. The van der Waals surface area contributed by atoms with Crippen LogP contribution < -0.4 is 10.2 Å². The average molecular weight is 365 g/mol. The van der Waals surface area contributed by atoms with Gasteiger partial charge in [-0.3, -0.25) is 9.59 Å². The summed E-state index contributed by atoms with van der Waals surface area (Å²) in [5, 5.41) is 3.33. The van der Waals surface area contributed by atoms with Crippen molar-refractivity contribution in [3.8, 4) is 0 Å². The first-order valence-electron chi connectivity index (χ1n) is 9.42. The van der Waals surface area contributed by atoms with Gasteiger partial charge in [0.2, 0.25) is 5.91 Å². The maximum atomic E-state index is 12.7. The number of unbranched alkanes of at least 4 members (excludes halogenated alkanes) is 7. The number of halogens is 1. The van der Waals surface area contributed by atoms with Gasteiger partial charge in [-0.05, 0) is 24.6 Å². The molecule has 1 aliphatic rings. The van der Waals surface area contributed by atoms with Crippen LogP contribution in [0.5, 0.6) is 0 Å². The largest absolute Gasteiger partial charge is 0.341 e. The molecule has 0 fully saturated rings. The Kier molecular flexibility index (Phi) is 7.76. The number of carbonyl (C=O) groups is 2. The van der Waals surface area contributed by atoms with E-state index in [0.717, 1.165) is 24.1 Å². The van der Waals surface area contributed by atoms with Crippen LogP contribution in [-0.4, -0.2) is 18.4 Å². The molecule has 0 saturated carbocycles. The minimum atomic E-state index is -0.611. The van der Waals surface area contributed by atoms with E-state index in [-0.39, 0.29) is 11.8 Å².